The molecule has 5 atom stereocenters. The van der Waals surface area contributed by atoms with Crippen LogP contribution >= 0.6 is 0 Å². The minimum absolute atomic E-state index is 0.222. The highest BCUT2D eigenvalue weighted by atomic mass is 16.3. The standard InChI is InChI=1S/C24H44O.C2H6/c1-9-18-11-12-20-22(5,6)17-23(7,25)15-16-24(20,8)19(18)13-14-21(3,4)10-2;1-2/h10,18-20,25H,2,9,11-17H2,1,3-8H3;1-2H3. The molecule has 0 saturated heterocycles. The minimum Gasteiger partial charge on any atom is -0.390 e. The van der Waals surface area contributed by atoms with Crippen molar-refractivity contribution in [2.45, 2.75) is 119 Å². The highest BCUT2D eigenvalue weighted by Crippen LogP contribution is 2.62. The molecule has 0 aromatic carbocycles. The van der Waals surface area contributed by atoms with Gasteiger partial charge in [-0.3, -0.25) is 0 Å². The van der Waals surface area contributed by atoms with Gasteiger partial charge in [0.2, 0.25) is 0 Å². The van der Waals surface area contributed by atoms with E-state index in [0.29, 0.717) is 5.41 Å². The van der Waals surface area contributed by atoms with Crippen molar-refractivity contribution in [1.82, 2.24) is 0 Å². The SMILES string of the molecule is C=CC(C)(C)CCC1C(CC)CCC2C(C)(C)CC(C)(O)CCC12C.CC. The molecule has 160 valence electrons. The number of aliphatic hydroxyl groups is 1. The molecule has 27 heavy (non-hydrogen) atoms. The van der Waals surface area contributed by atoms with Gasteiger partial charge in [-0.05, 0) is 85.9 Å². The first-order chi connectivity index (χ1) is 12.4. The second-order valence-corrected chi connectivity index (χ2v) is 11.3. The van der Waals surface area contributed by atoms with Crippen molar-refractivity contribution >= 4 is 0 Å². The predicted molar refractivity (Wildman–Crippen MR) is 121 cm³/mol. The Bertz CT molecular complexity index is 473. The molecule has 0 bridgehead atoms. The third-order valence-electron chi connectivity index (χ3n) is 8.20. The summed E-state index contributed by atoms with van der Waals surface area (Å²) < 4.78 is 0. The molecule has 1 N–H and O–H groups in total. The smallest absolute Gasteiger partial charge is 0.0625 e. The second kappa shape index (κ2) is 9.02. The van der Waals surface area contributed by atoms with Gasteiger partial charge in [0.25, 0.3) is 0 Å². The number of rotatable bonds is 5. The number of allylic oxidation sites excluding steroid dienone is 1. The van der Waals surface area contributed by atoms with Crippen LogP contribution in [0.25, 0.3) is 0 Å². The number of fused-ring (bicyclic) bond motifs is 1. The fraction of sp³-hybridized carbons (Fsp3) is 0.923. The minimum atomic E-state index is -0.503. The lowest BCUT2D eigenvalue weighted by Crippen LogP contribution is -2.48. The molecule has 1 nitrogen and oxygen atoms in total. The van der Waals surface area contributed by atoms with Crippen LogP contribution < -0.4 is 0 Å². The van der Waals surface area contributed by atoms with Gasteiger partial charge in [0.05, 0.1) is 5.60 Å². The molecule has 2 aliphatic rings. The molecule has 0 aromatic heterocycles. The molecular formula is C26H50O. The fourth-order valence-electron chi connectivity index (χ4n) is 6.77. The summed E-state index contributed by atoms with van der Waals surface area (Å²) in [5.74, 6) is 2.36. The normalized spacial score (nSPS) is 38.8. The molecule has 1 heteroatoms. The summed E-state index contributed by atoms with van der Waals surface area (Å²) in [5, 5.41) is 10.9. The molecule has 2 fully saturated rings. The first kappa shape index (κ1) is 24.7. The monoisotopic (exact) mass is 378 g/mol. The van der Waals surface area contributed by atoms with Crippen LogP contribution in [-0.4, -0.2) is 10.7 Å². The highest BCUT2D eigenvalue weighted by Gasteiger charge is 2.55. The van der Waals surface area contributed by atoms with E-state index in [1.165, 1.54) is 38.5 Å². The maximum Gasteiger partial charge on any atom is 0.0625 e. The molecule has 0 spiro atoms. The van der Waals surface area contributed by atoms with Crippen LogP contribution in [0.1, 0.15) is 114 Å². The van der Waals surface area contributed by atoms with Crippen molar-refractivity contribution in [3.8, 4) is 0 Å². The van der Waals surface area contributed by atoms with Gasteiger partial charge < -0.3 is 5.11 Å². The van der Waals surface area contributed by atoms with E-state index in [1.54, 1.807) is 0 Å². The van der Waals surface area contributed by atoms with Gasteiger partial charge in [-0.2, -0.15) is 0 Å². The Hall–Kier alpha value is -0.300. The van der Waals surface area contributed by atoms with E-state index in [9.17, 15) is 5.11 Å². The van der Waals surface area contributed by atoms with Crippen LogP contribution in [0.15, 0.2) is 12.7 Å². The zero-order valence-corrected chi connectivity index (χ0v) is 20.1. The summed E-state index contributed by atoms with van der Waals surface area (Å²) in [7, 11) is 0. The maximum atomic E-state index is 10.9. The van der Waals surface area contributed by atoms with Gasteiger partial charge in [-0.25, -0.2) is 0 Å². The van der Waals surface area contributed by atoms with Crippen LogP contribution in [-0.2, 0) is 0 Å². The van der Waals surface area contributed by atoms with E-state index in [-0.39, 0.29) is 10.8 Å². The Labute approximate surface area is 171 Å². The largest absolute Gasteiger partial charge is 0.390 e. The van der Waals surface area contributed by atoms with Crippen molar-refractivity contribution in [3.63, 3.8) is 0 Å². The van der Waals surface area contributed by atoms with Gasteiger partial charge in [0.15, 0.2) is 0 Å². The van der Waals surface area contributed by atoms with Crippen molar-refractivity contribution in [3.05, 3.63) is 12.7 Å². The zero-order valence-electron chi connectivity index (χ0n) is 20.1. The Balaban J connectivity index is 0.00000176. The summed E-state index contributed by atoms with van der Waals surface area (Å²) in [6.45, 7) is 24.6. The molecule has 2 rings (SSSR count). The topological polar surface area (TPSA) is 20.2 Å². The molecule has 0 radical (unpaired) electrons. The predicted octanol–water partition coefficient (Wildman–Crippen LogP) is 8.02. The molecule has 0 amide bonds. The van der Waals surface area contributed by atoms with Crippen LogP contribution in [0, 0.1) is 34.0 Å². The second-order valence-electron chi connectivity index (χ2n) is 11.3. The average molecular weight is 379 g/mol. The lowest BCUT2D eigenvalue weighted by atomic mass is 9.49. The van der Waals surface area contributed by atoms with Crippen molar-refractivity contribution in [2.75, 3.05) is 0 Å². The van der Waals surface area contributed by atoms with E-state index in [1.807, 2.05) is 13.8 Å². The van der Waals surface area contributed by atoms with Crippen molar-refractivity contribution in [2.24, 2.45) is 34.0 Å². The molecule has 2 aliphatic carbocycles. The lowest BCUT2D eigenvalue weighted by molar-refractivity contribution is -0.0695. The third-order valence-corrected chi connectivity index (χ3v) is 8.20. The Kier molecular flexibility index (Phi) is 8.26. The van der Waals surface area contributed by atoms with Gasteiger partial charge >= 0.3 is 0 Å². The Morgan fingerprint density at radius 3 is 2.19 bits per heavy atom. The molecule has 2 saturated carbocycles. The lowest BCUT2D eigenvalue weighted by Gasteiger charge is -2.56. The third kappa shape index (κ3) is 5.62. The summed E-state index contributed by atoms with van der Waals surface area (Å²) >= 11 is 0. The molecule has 0 heterocycles. The Morgan fingerprint density at radius 2 is 1.67 bits per heavy atom. The molecule has 0 aromatic rings. The van der Waals surface area contributed by atoms with E-state index in [2.05, 4.69) is 61.1 Å². The molecule has 0 aliphatic heterocycles. The summed E-state index contributed by atoms with van der Waals surface area (Å²) in [4.78, 5) is 0. The van der Waals surface area contributed by atoms with Crippen LogP contribution in [0.2, 0.25) is 0 Å². The summed E-state index contributed by atoms with van der Waals surface area (Å²) in [5.41, 5.74) is 0.309. The van der Waals surface area contributed by atoms with Crippen molar-refractivity contribution < 1.29 is 5.11 Å². The molecular weight excluding hydrogens is 328 g/mol. The van der Waals surface area contributed by atoms with Crippen LogP contribution in [0.3, 0.4) is 0 Å². The van der Waals surface area contributed by atoms with Crippen molar-refractivity contribution in [1.29, 1.82) is 0 Å². The molecule has 5 unspecified atom stereocenters. The fourth-order valence-corrected chi connectivity index (χ4v) is 6.77. The average Bonchev–Trinajstić information content (AvgIpc) is 2.66. The highest BCUT2D eigenvalue weighted by molar-refractivity contribution is 5.05. The van der Waals surface area contributed by atoms with E-state index >= 15 is 0 Å². The number of hydrogen-bond acceptors (Lipinski definition) is 1. The first-order valence-electron chi connectivity index (χ1n) is 11.7. The summed E-state index contributed by atoms with van der Waals surface area (Å²) in [6, 6.07) is 0. The maximum absolute atomic E-state index is 10.9. The van der Waals surface area contributed by atoms with Gasteiger partial charge in [0.1, 0.15) is 0 Å². The van der Waals surface area contributed by atoms with E-state index in [0.717, 1.165) is 30.6 Å². The first-order valence-corrected chi connectivity index (χ1v) is 11.7. The van der Waals surface area contributed by atoms with Gasteiger partial charge in [-0.15, -0.1) is 6.58 Å². The van der Waals surface area contributed by atoms with Crippen LogP contribution in [0.5, 0.6) is 0 Å². The Morgan fingerprint density at radius 1 is 1.07 bits per heavy atom. The quantitative estimate of drug-likeness (QED) is 0.480. The van der Waals surface area contributed by atoms with E-state index in [4.69, 9.17) is 0 Å². The van der Waals surface area contributed by atoms with Gasteiger partial charge in [0, 0.05) is 0 Å². The van der Waals surface area contributed by atoms with Gasteiger partial charge in [-0.1, -0.05) is 67.9 Å². The summed E-state index contributed by atoms with van der Waals surface area (Å²) in [6.07, 6.45) is 11.8. The van der Waals surface area contributed by atoms with Crippen LogP contribution in [0.4, 0.5) is 0 Å². The van der Waals surface area contributed by atoms with E-state index < -0.39 is 5.60 Å². The zero-order chi connectivity index (χ0) is 21.1. The number of hydrogen-bond donors (Lipinski definition) is 1.